The number of unbranched alkanes of at least 4 members (excludes halogenated alkanes) is 29. The van der Waals surface area contributed by atoms with Crippen molar-refractivity contribution >= 4 is 11.9 Å². The number of carbonyl (C=O) groups is 2. The molecule has 0 bridgehead atoms. The van der Waals surface area contributed by atoms with Gasteiger partial charge in [-0.2, -0.15) is 0 Å². The number of aliphatic hydroxyl groups is 5. The fourth-order valence-electron chi connectivity index (χ4n) is 9.63. The van der Waals surface area contributed by atoms with Crippen LogP contribution in [0.1, 0.15) is 271 Å². The molecule has 1 saturated heterocycles. The van der Waals surface area contributed by atoms with Crippen molar-refractivity contribution in [1.82, 2.24) is 5.32 Å². The van der Waals surface area contributed by atoms with Gasteiger partial charge in [0.1, 0.15) is 24.4 Å². The van der Waals surface area contributed by atoms with E-state index in [1.807, 2.05) is 18.2 Å². The maximum Gasteiger partial charge on any atom is 0.306 e. The van der Waals surface area contributed by atoms with Crippen molar-refractivity contribution in [3.63, 3.8) is 0 Å². The first-order valence-electron chi connectivity index (χ1n) is 31.7. The van der Waals surface area contributed by atoms with Gasteiger partial charge in [-0.05, 0) is 64.2 Å². The highest BCUT2D eigenvalue weighted by atomic mass is 16.7. The zero-order chi connectivity index (χ0) is 56.1. The van der Waals surface area contributed by atoms with Crippen LogP contribution in [0.5, 0.6) is 0 Å². The summed E-state index contributed by atoms with van der Waals surface area (Å²) in [7, 11) is 0. The highest BCUT2D eigenvalue weighted by molar-refractivity contribution is 5.80. The van der Waals surface area contributed by atoms with E-state index >= 15 is 0 Å². The van der Waals surface area contributed by atoms with Gasteiger partial charge in [0.25, 0.3) is 0 Å². The van der Waals surface area contributed by atoms with Crippen LogP contribution >= 0.6 is 0 Å². The van der Waals surface area contributed by atoms with E-state index in [0.29, 0.717) is 12.8 Å². The largest absolute Gasteiger partial charge is 0.454 e. The van der Waals surface area contributed by atoms with Crippen LogP contribution in [0.25, 0.3) is 0 Å². The zero-order valence-corrected chi connectivity index (χ0v) is 49.3. The van der Waals surface area contributed by atoms with Crippen LogP contribution in [-0.4, -0.2) is 99.6 Å². The Morgan fingerprint density at radius 1 is 0.519 bits per heavy atom. The number of aliphatic hydroxyl groups excluding tert-OH is 5. The molecule has 1 aliphatic rings. The molecule has 1 aliphatic heterocycles. The van der Waals surface area contributed by atoms with Gasteiger partial charge in [-0.25, -0.2) is 0 Å². The quantitative estimate of drug-likeness (QED) is 0.0195. The molecule has 0 saturated carbocycles. The Balaban J connectivity index is 2.71. The van der Waals surface area contributed by atoms with Gasteiger partial charge in [0.15, 0.2) is 12.4 Å². The van der Waals surface area contributed by atoms with Crippen molar-refractivity contribution in [2.24, 2.45) is 0 Å². The van der Waals surface area contributed by atoms with Gasteiger partial charge in [-0.15, -0.1) is 0 Å². The van der Waals surface area contributed by atoms with E-state index in [1.165, 1.54) is 148 Å². The molecular weight excluding hydrogens is 967 g/mol. The molecule has 11 heteroatoms. The average molecular weight is 1080 g/mol. The maximum absolute atomic E-state index is 13.4. The molecule has 8 unspecified atom stereocenters. The van der Waals surface area contributed by atoms with Crippen molar-refractivity contribution in [1.29, 1.82) is 0 Å². The van der Waals surface area contributed by atoms with E-state index in [1.54, 1.807) is 6.08 Å². The van der Waals surface area contributed by atoms with Crippen LogP contribution in [0.15, 0.2) is 72.9 Å². The third kappa shape index (κ3) is 41.7. The molecule has 1 heterocycles. The first kappa shape index (κ1) is 72.1. The first-order valence-corrected chi connectivity index (χ1v) is 31.7. The van der Waals surface area contributed by atoms with Gasteiger partial charge in [-0.1, -0.05) is 273 Å². The minimum Gasteiger partial charge on any atom is -0.454 e. The second-order valence-corrected chi connectivity index (χ2v) is 21.8. The van der Waals surface area contributed by atoms with Crippen molar-refractivity contribution in [3.8, 4) is 0 Å². The van der Waals surface area contributed by atoms with Crippen LogP contribution in [-0.2, 0) is 23.8 Å². The highest BCUT2D eigenvalue weighted by Crippen LogP contribution is 2.26. The van der Waals surface area contributed by atoms with Gasteiger partial charge in [0, 0.05) is 6.42 Å². The van der Waals surface area contributed by atoms with E-state index in [0.717, 1.165) is 77.0 Å². The summed E-state index contributed by atoms with van der Waals surface area (Å²) < 4.78 is 17.6. The van der Waals surface area contributed by atoms with Crippen LogP contribution < -0.4 is 5.32 Å². The summed E-state index contributed by atoms with van der Waals surface area (Å²) in [6, 6.07) is -1.06. The van der Waals surface area contributed by atoms with Crippen molar-refractivity contribution in [2.75, 3.05) is 13.2 Å². The number of allylic oxidation sites excluding steroid dienone is 11. The van der Waals surface area contributed by atoms with Gasteiger partial charge in [0.2, 0.25) is 5.91 Å². The van der Waals surface area contributed by atoms with Crippen molar-refractivity contribution in [3.05, 3.63) is 72.9 Å². The Morgan fingerprint density at radius 3 is 1.38 bits per heavy atom. The standard InChI is InChI=1S/C66H117NO10/c1-4-7-10-13-16-19-22-25-27-29-30-31-33-36-39-42-45-48-51-54-61(71)77-64-63(73)62(72)60(55-68)76-66(64)75-56-57(58(69)52-49-46-43-40-37-34-24-21-18-15-12-9-6-3)67-65(74)59(70)53-50-47-44-41-38-35-32-28-26-23-20-17-14-11-8-5-2/h8,11,17,20,26,28,35,38,44,47,49,52,57-60,62-64,66,68-70,72-73H,4-7,9-10,12-16,18-19,21-25,27,29-34,36-37,39-43,45-46,48,50-51,53-56H2,1-3H3,(H,67,74)/b11-8-,20-17-,28-26-,38-35-,47-44-,52-49+. The third-order valence-electron chi connectivity index (χ3n) is 14.6. The molecule has 6 N–H and O–H groups in total. The molecule has 77 heavy (non-hydrogen) atoms. The Bertz CT molecular complexity index is 1530. The number of carbonyl (C=O) groups excluding carboxylic acids is 2. The molecule has 0 aromatic rings. The van der Waals surface area contributed by atoms with E-state index < -0.39 is 67.4 Å². The molecule has 0 aromatic carbocycles. The number of ether oxygens (including phenoxy) is 3. The maximum atomic E-state index is 13.4. The topological polar surface area (TPSA) is 175 Å². The molecule has 0 spiro atoms. The van der Waals surface area contributed by atoms with Gasteiger partial charge >= 0.3 is 5.97 Å². The lowest BCUT2D eigenvalue weighted by molar-refractivity contribution is -0.305. The molecule has 0 aromatic heterocycles. The minimum absolute atomic E-state index is 0.118. The zero-order valence-electron chi connectivity index (χ0n) is 49.3. The molecule has 0 radical (unpaired) electrons. The van der Waals surface area contributed by atoms with Gasteiger partial charge in [0.05, 0.1) is 25.4 Å². The van der Waals surface area contributed by atoms with E-state index in [4.69, 9.17) is 14.2 Å². The Kier molecular flexibility index (Phi) is 50.3. The van der Waals surface area contributed by atoms with Gasteiger partial charge < -0.3 is 45.1 Å². The molecular formula is C66H117NO10. The molecule has 0 aliphatic carbocycles. The van der Waals surface area contributed by atoms with E-state index in [-0.39, 0.29) is 19.4 Å². The van der Waals surface area contributed by atoms with Crippen molar-refractivity contribution < 1.29 is 49.3 Å². The number of hydrogen-bond acceptors (Lipinski definition) is 10. The fraction of sp³-hybridized carbons (Fsp3) is 0.788. The van der Waals surface area contributed by atoms with Gasteiger partial charge in [-0.3, -0.25) is 9.59 Å². The lowest BCUT2D eigenvalue weighted by Gasteiger charge is -2.41. The number of nitrogens with one attached hydrogen (secondary N) is 1. The lowest BCUT2D eigenvalue weighted by Crippen LogP contribution is -2.61. The minimum atomic E-state index is -1.62. The Labute approximate surface area is 471 Å². The lowest BCUT2D eigenvalue weighted by atomic mass is 9.99. The smallest absolute Gasteiger partial charge is 0.306 e. The average Bonchev–Trinajstić information content (AvgIpc) is 3.43. The number of hydrogen-bond donors (Lipinski definition) is 6. The molecule has 1 rings (SSSR count). The van der Waals surface area contributed by atoms with E-state index in [9.17, 15) is 35.1 Å². The summed E-state index contributed by atoms with van der Waals surface area (Å²) in [6.45, 7) is 5.66. The number of esters is 1. The fourth-order valence-corrected chi connectivity index (χ4v) is 9.63. The van der Waals surface area contributed by atoms with E-state index in [2.05, 4.69) is 74.7 Å². The summed E-state index contributed by atoms with van der Waals surface area (Å²) in [5.74, 6) is -1.25. The number of amides is 1. The van der Waals surface area contributed by atoms with Crippen LogP contribution in [0.3, 0.4) is 0 Å². The van der Waals surface area contributed by atoms with Crippen LogP contribution in [0, 0.1) is 0 Å². The molecule has 1 fully saturated rings. The second-order valence-electron chi connectivity index (χ2n) is 21.8. The molecule has 11 nitrogen and oxygen atoms in total. The molecule has 1 amide bonds. The van der Waals surface area contributed by atoms with Crippen LogP contribution in [0.4, 0.5) is 0 Å². The Morgan fingerprint density at radius 2 is 0.935 bits per heavy atom. The predicted molar refractivity (Wildman–Crippen MR) is 319 cm³/mol. The summed E-state index contributed by atoms with van der Waals surface area (Å²) >= 11 is 0. The summed E-state index contributed by atoms with van der Waals surface area (Å²) in [5.41, 5.74) is 0. The number of rotatable bonds is 53. The molecule has 446 valence electrons. The Hall–Kier alpha value is -2.90. The first-order chi connectivity index (χ1) is 37.7. The molecule has 8 atom stereocenters. The summed E-state index contributed by atoms with van der Waals surface area (Å²) in [4.78, 5) is 26.5. The predicted octanol–water partition coefficient (Wildman–Crippen LogP) is 15.2. The summed E-state index contributed by atoms with van der Waals surface area (Å²) in [6.07, 6.45) is 58.1. The monoisotopic (exact) mass is 1080 g/mol. The SMILES string of the molecule is CC/C=C\C/C=C\C/C=C\C/C=C\C/C=C\CCC(O)C(=O)NC(COC1OC(CO)C(O)C(O)C1OC(=O)CCCCCCCCCCCCCCCCCCCCC)C(O)/C=C/CCCCCCCCCCCCC. The normalized spacial score (nSPS) is 19.5. The van der Waals surface area contributed by atoms with Crippen molar-refractivity contribution in [2.45, 2.75) is 320 Å². The third-order valence-corrected chi connectivity index (χ3v) is 14.6. The summed E-state index contributed by atoms with van der Waals surface area (Å²) in [5, 5.41) is 56.9. The highest BCUT2D eigenvalue weighted by Gasteiger charge is 2.47. The second kappa shape index (κ2) is 53.7. The van der Waals surface area contributed by atoms with Crippen LogP contribution in [0.2, 0.25) is 0 Å².